The van der Waals surface area contributed by atoms with Crippen molar-refractivity contribution in [3.63, 3.8) is 0 Å². The minimum Gasteiger partial charge on any atom is -0.446 e. The zero-order chi connectivity index (χ0) is 20.0. The number of hydrogen-bond donors (Lipinski definition) is 0. The molecule has 2 aliphatic rings. The maximum Gasteiger partial charge on any atom is 0.410 e. The molecule has 0 N–H and O–H groups in total. The van der Waals surface area contributed by atoms with Gasteiger partial charge in [0.05, 0.1) is 5.54 Å². The molecule has 1 fully saturated rings. The highest BCUT2D eigenvalue weighted by atomic mass is 16.6. The summed E-state index contributed by atoms with van der Waals surface area (Å²) in [5.74, 6) is 1.23. The average Bonchev–Trinajstić information content (AvgIpc) is 3.05. The smallest absolute Gasteiger partial charge is 0.410 e. The van der Waals surface area contributed by atoms with Crippen molar-refractivity contribution in [3.8, 4) is 0 Å². The lowest BCUT2D eigenvalue weighted by Crippen LogP contribution is -2.55. The summed E-state index contributed by atoms with van der Waals surface area (Å²) in [5.41, 5.74) is 1.29. The molecule has 2 rings (SSSR count). The largest absolute Gasteiger partial charge is 0.446 e. The molecule has 3 heteroatoms. The number of rotatable bonds is 8. The van der Waals surface area contributed by atoms with E-state index in [0.29, 0.717) is 17.8 Å². The Bertz CT molecular complexity index is 533. The van der Waals surface area contributed by atoms with Crippen LogP contribution in [0.5, 0.6) is 0 Å². The van der Waals surface area contributed by atoms with Crippen LogP contribution < -0.4 is 0 Å². The molecule has 1 saturated heterocycles. The fraction of sp³-hybridized carbons (Fsp3) is 0.792. The van der Waals surface area contributed by atoms with E-state index in [4.69, 9.17) is 4.74 Å². The molecule has 1 amide bonds. The molecule has 1 aliphatic heterocycles. The Morgan fingerprint density at radius 1 is 1.15 bits per heavy atom. The first-order valence-corrected chi connectivity index (χ1v) is 11.2. The SMILES string of the molecule is CCCC(CCC)OC(=O)N1CC(C2=CCCC=C2)CC1(C(C)C)C(C)C. The Balaban J connectivity index is 2.27. The first-order chi connectivity index (χ1) is 12.9. The molecule has 3 nitrogen and oxygen atoms in total. The summed E-state index contributed by atoms with van der Waals surface area (Å²) in [5, 5.41) is 0. The molecule has 1 aliphatic carbocycles. The van der Waals surface area contributed by atoms with Crippen molar-refractivity contribution < 1.29 is 9.53 Å². The van der Waals surface area contributed by atoms with Crippen LogP contribution in [0.2, 0.25) is 0 Å². The van der Waals surface area contributed by atoms with E-state index in [2.05, 4.69) is 64.7 Å². The van der Waals surface area contributed by atoms with Gasteiger partial charge in [0.15, 0.2) is 0 Å². The molecule has 0 radical (unpaired) electrons. The van der Waals surface area contributed by atoms with Crippen LogP contribution in [0.1, 0.15) is 86.5 Å². The minimum atomic E-state index is -0.128. The van der Waals surface area contributed by atoms with Crippen molar-refractivity contribution in [1.29, 1.82) is 0 Å². The Labute approximate surface area is 167 Å². The second kappa shape index (κ2) is 9.80. The first-order valence-electron chi connectivity index (χ1n) is 11.2. The van der Waals surface area contributed by atoms with E-state index in [1.807, 2.05) is 0 Å². The van der Waals surface area contributed by atoms with Crippen molar-refractivity contribution in [3.05, 3.63) is 23.8 Å². The highest BCUT2D eigenvalue weighted by molar-refractivity contribution is 5.70. The van der Waals surface area contributed by atoms with Crippen LogP contribution >= 0.6 is 0 Å². The summed E-state index contributed by atoms with van der Waals surface area (Å²) in [6.07, 6.45) is 14.2. The lowest BCUT2D eigenvalue weighted by atomic mass is 9.72. The molecule has 27 heavy (non-hydrogen) atoms. The number of carbonyl (C=O) groups is 1. The van der Waals surface area contributed by atoms with E-state index in [-0.39, 0.29) is 17.7 Å². The lowest BCUT2D eigenvalue weighted by molar-refractivity contribution is 0.00260. The molecule has 1 unspecified atom stereocenters. The maximum absolute atomic E-state index is 13.3. The number of ether oxygens (including phenoxy) is 1. The Kier molecular flexibility index (Phi) is 8.00. The highest BCUT2D eigenvalue weighted by Crippen LogP contribution is 2.47. The van der Waals surface area contributed by atoms with Crippen LogP contribution in [-0.4, -0.2) is 29.2 Å². The third-order valence-corrected chi connectivity index (χ3v) is 6.68. The van der Waals surface area contributed by atoms with E-state index in [0.717, 1.165) is 51.5 Å². The van der Waals surface area contributed by atoms with Gasteiger partial charge in [-0.3, -0.25) is 0 Å². The normalized spacial score (nSPS) is 22.0. The second-order valence-corrected chi connectivity index (χ2v) is 9.08. The molecule has 1 heterocycles. The maximum atomic E-state index is 13.3. The van der Waals surface area contributed by atoms with Crippen molar-refractivity contribution >= 4 is 6.09 Å². The topological polar surface area (TPSA) is 29.5 Å². The van der Waals surface area contributed by atoms with E-state index in [1.165, 1.54) is 5.57 Å². The monoisotopic (exact) mass is 375 g/mol. The van der Waals surface area contributed by atoms with Gasteiger partial charge in [0.1, 0.15) is 6.10 Å². The summed E-state index contributed by atoms with van der Waals surface area (Å²) in [4.78, 5) is 15.4. The van der Waals surface area contributed by atoms with Crippen LogP contribution in [0.4, 0.5) is 4.79 Å². The Hall–Kier alpha value is -1.25. The molecule has 0 aromatic heterocycles. The van der Waals surface area contributed by atoms with Crippen molar-refractivity contribution in [1.82, 2.24) is 4.90 Å². The molecule has 0 aromatic rings. The molecular weight excluding hydrogens is 334 g/mol. The van der Waals surface area contributed by atoms with Gasteiger partial charge in [-0.2, -0.15) is 0 Å². The predicted molar refractivity (Wildman–Crippen MR) is 114 cm³/mol. The summed E-state index contributed by atoms with van der Waals surface area (Å²) < 4.78 is 6.06. The Morgan fingerprint density at radius 3 is 2.26 bits per heavy atom. The van der Waals surface area contributed by atoms with Crippen molar-refractivity contribution in [2.24, 2.45) is 17.8 Å². The summed E-state index contributed by atoms with van der Waals surface area (Å²) in [6, 6.07) is 0. The zero-order valence-electron chi connectivity index (χ0n) is 18.5. The van der Waals surface area contributed by atoms with Crippen LogP contribution in [0, 0.1) is 17.8 Å². The standard InChI is InChI=1S/C24H41NO2/c1-7-12-22(13-8-2)27-23(26)25-17-21(20-14-10-9-11-15-20)16-24(25,18(3)4)19(5)6/h10,14-15,18-19,21-22H,7-9,11-13,16-17H2,1-6H3. The van der Waals surface area contributed by atoms with Gasteiger partial charge >= 0.3 is 6.09 Å². The number of nitrogens with zero attached hydrogens (tertiary/aromatic N) is 1. The highest BCUT2D eigenvalue weighted by Gasteiger charge is 2.53. The minimum absolute atomic E-state index is 0.0531. The predicted octanol–water partition coefficient (Wildman–Crippen LogP) is 6.74. The quantitative estimate of drug-likeness (QED) is 0.470. The fourth-order valence-electron chi connectivity index (χ4n) is 5.24. The van der Waals surface area contributed by atoms with Gasteiger partial charge in [-0.1, -0.05) is 72.6 Å². The van der Waals surface area contributed by atoms with Crippen LogP contribution in [0.25, 0.3) is 0 Å². The van der Waals surface area contributed by atoms with Crippen molar-refractivity contribution in [2.75, 3.05) is 6.54 Å². The Morgan fingerprint density at radius 2 is 1.78 bits per heavy atom. The molecule has 0 bridgehead atoms. The van der Waals surface area contributed by atoms with Crippen LogP contribution in [-0.2, 0) is 4.74 Å². The van der Waals surface area contributed by atoms with Crippen molar-refractivity contribution in [2.45, 2.75) is 98.1 Å². The van der Waals surface area contributed by atoms with Gasteiger partial charge in [0, 0.05) is 12.5 Å². The summed E-state index contributed by atoms with van der Waals surface area (Å²) >= 11 is 0. The molecule has 154 valence electrons. The van der Waals surface area contributed by atoms with Gasteiger partial charge in [-0.15, -0.1) is 0 Å². The number of amides is 1. The molecular formula is C24H41NO2. The third-order valence-electron chi connectivity index (χ3n) is 6.68. The summed E-state index contributed by atoms with van der Waals surface area (Å²) in [7, 11) is 0. The summed E-state index contributed by atoms with van der Waals surface area (Å²) in [6.45, 7) is 14.2. The molecule has 0 spiro atoms. The van der Waals surface area contributed by atoms with E-state index in [9.17, 15) is 4.79 Å². The third kappa shape index (κ3) is 4.78. The molecule has 0 saturated carbocycles. The van der Waals surface area contributed by atoms with Gasteiger partial charge in [-0.05, 0) is 49.5 Å². The van der Waals surface area contributed by atoms with E-state index < -0.39 is 0 Å². The van der Waals surface area contributed by atoms with Gasteiger partial charge in [0.25, 0.3) is 0 Å². The number of hydrogen-bond acceptors (Lipinski definition) is 2. The van der Waals surface area contributed by atoms with E-state index >= 15 is 0 Å². The number of allylic oxidation sites excluding steroid dienone is 3. The van der Waals surface area contributed by atoms with E-state index in [1.54, 1.807) is 0 Å². The van der Waals surface area contributed by atoms with Crippen LogP contribution in [0.3, 0.4) is 0 Å². The van der Waals surface area contributed by atoms with Gasteiger partial charge < -0.3 is 9.64 Å². The number of likely N-dealkylation sites (tertiary alicyclic amines) is 1. The molecule has 0 aromatic carbocycles. The lowest BCUT2D eigenvalue weighted by Gasteiger charge is -2.45. The average molecular weight is 376 g/mol. The van der Waals surface area contributed by atoms with Gasteiger partial charge in [0.2, 0.25) is 0 Å². The fourth-order valence-corrected chi connectivity index (χ4v) is 5.24. The first kappa shape index (κ1) is 22.0. The number of carbonyl (C=O) groups excluding carboxylic acids is 1. The second-order valence-electron chi connectivity index (χ2n) is 9.08. The van der Waals surface area contributed by atoms with Gasteiger partial charge in [-0.25, -0.2) is 4.79 Å². The molecule has 1 atom stereocenters. The zero-order valence-corrected chi connectivity index (χ0v) is 18.5. The van der Waals surface area contributed by atoms with Crippen LogP contribution in [0.15, 0.2) is 23.8 Å².